The van der Waals surface area contributed by atoms with Crippen molar-refractivity contribution >= 4 is 22.6 Å². The highest BCUT2D eigenvalue weighted by Gasteiger charge is 2.22. The Morgan fingerprint density at radius 2 is 1.89 bits per heavy atom. The van der Waals surface area contributed by atoms with E-state index in [0.717, 1.165) is 33.3 Å². The highest BCUT2D eigenvalue weighted by Crippen LogP contribution is 2.36. The third kappa shape index (κ3) is 3.09. The second-order valence-electron chi connectivity index (χ2n) is 7.47. The molecule has 5 rings (SSSR count). The average molecular weight is 370 g/mol. The Kier molecular flexibility index (Phi) is 4.20. The Bertz CT molecular complexity index is 1140. The van der Waals surface area contributed by atoms with Crippen molar-refractivity contribution in [1.29, 1.82) is 0 Å². The topological polar surface area (TPSA) is 73.6 Å². The molecule has 0 atom stereocenters. The zero-order valence-corrected chi connectivity index (χ0v) is 15.5. The molecule has 5 heteroatoms. The summed E-state index contributed by atoms with van der Waals surface area (Å²) in [6.45, 7) is 0. The molecule has 1 aliphatic rings. The Balaban J connectivity index is 1.37. The molecule has 28 heavy (non-hydrogen) atoms. The minimum absolute atomic E-state index is 0.0565. The van der Waals surface area contributed by atoms with Crippen molar-refractivity contribution in [2.45, 2.75) is 31.6 Å². The van der Waals surface area contributed by atoms with E-state index < -0.39 is 0 Å². The molecule has 0 saturated heterocycles. The fourth-order valence-electron chi connectivity index (χ4n) is 3.92. The molecule has 2 aromatic heterocycles. The van der Waals surface area contributed by atoms with E-state index >= 15 is 0 Å². The minimum atomic E-state index is -0.0565. The Morgan fingerprint density at radius 1 is 1.07 bits per heavy atom. The zero-order valence-electron chi connectivity index (χ0n) is 15.5. The molecule has 2 aromatic carbocycles. The third-order valence-electron chi connectivity index (χ3n) is 5.66. The van der Waals surface area contributed by atoms with Gasteiger partial charge in [0, 0.05) is 40.3 Å². The van der Waals surface area contributed by atoms with Gasteiger partial charge in [-0.25, -0.2) is 0 Å². The number of nitrogens with zero attached hydrogens (tertiary/aromatic N) is 1. The second-order valence-corrected chi connectivity index (χ2v) is 7.47. The summed E-state index contributed by atoms with van der Waals surface area (Å²) in [5.41, 5.74) is 5.41. The number of H-pyrrole nitrogens is 2. The number of nitrogens with one attached hydrogen (secondary N) is 3. The van der Waals surface area contributed by atoms with Gasteiger partial charge in [-0.2, -0.15) is 5.10 Å². The summed E-state index contributed by atoms with van der Waals surface area (Å²) in [5, 5.41) is 11.4. The van der Waals surface area contributed by atoms with Crippen LogP contribution in [0.15, 0.2) is 60.8 Å². The molecule has 0 unspecified atom stereocenters. The molecule has 0 bridgehead atoms. The van der Waals surface area contributed by atoms with Gasteiger partial charge >= 0.3 is 0 Å². The third-order valence-corrected chi connectivity index (χ3v) is 5.66. The largest absolute Gasteiger partial charge is 0.361 e. The first-order valence-electron chi connectivity index (χ1n) is 9.77. The lowest BCUT2D eigenvalue weighted by molar-refractivity contribution is -0.115. The van der Waals surface area contributed by atoms with Crippen LogP contribution in [-0.4, -0.2) is 21.1 Å². The summed E-state index contributed by atoms with van der Waals surface area (Å²) in [5.74, 6) is 1.12. The number of aromatic nitrogens is 3. The quantitative estimate of drug-likeness (QED) is 0.462. The van der Waals surface area contributed by atoms with Gasteiger partial charge in [0.2, 0.25) is 5.91 Å². The number of aromatic amines is 2. The number of rotatable bonds is 5. The lowest BCUT2D eigenvalue weighted by atomic mass is 9.83. The predicted octanol–water partition coefficient (Wildman–Crippen LogP) is 5.01. The predicted molar refractivity (Wildman–Crippen MR) is 111 cm³/mol. The van der Waals surface area contributed by atoms with Gasteiger partial charge in [-0.3, -0.25) is 9.89 Å². The van der Waals surface area contributed by atoms with Crippen LogP contribution in [0.3, 0.4) is 0 Å². The van der Waals surface area contributed by atoms with E-state index in [0.29, 0.717) is 18.2 Å². The standard InChI is InChI=1S/C23H22N4O/c28-23(25-22-13-21(26-27-22)15-7-5-8-15)12-16-6-1-2-9-17(16)19-14-24-20-11-4-3-10-18(19)20/h1-4,6,9-11,13-15,24H,5,7-8,12H2,(H2,25,26,27,28). The number of para-hydroxylation sites is 1. The van der Waals surface area contributed by atoms with E-state index in [1.165, 1.54) is 19.3 Å². The highest BCUT2D eigenvalue weighted by atomic mass is 16.1. The van der Waals surface area contributed by atoms with Crippen molar-refractivity contribution in [3.63, 3.8) is 0 Å². The van der Waals surface area contributed by atoms with Gasteiger partial charge in [-0.05, 0) is 30.0 Å². The molecule has 4 aromatic rings. The first-order valence-corrected chi connectivity index (χ1v) is 9.77. The molecule has 1 saturated carbocycles. The number of amides is 1. The van der Waals surface area contributed by atoms with Gasteiger partial charge in [0.15, 0.2) is 5.82 Å². The normalized spacial score (nSPS) is 14.1. The Labute approximate surface area is 163 Å². The van der Waals surface area contributed by atoms with Crippen molar-refractivity contribution in [3.8, 4) is 11.1 Å². The van der Waals surface area contributed by atoms with E-state index in [9.17, 15) is 4.79 Å². The molecule has 140 valence electrons. The van der Waals surface area contributed by atoms with Crippen LogP contribution in [0.25, 0.3) is 22.0 Å². The average Bonchev–Trinajstić information content (AvgIpc) is 3.28. The summed E-state index contributed by atoms with van der Waals surface area (Å²) in [7, 11) is 0. The van der Waals surface area contributed by atoms with Crippen LogP contribution in [-0.2, 0) is 11.2 Å². The van der Waals surface area contributed by atoms with Gasteiger partial charge in [0.25, 0.3) is 0 Å². The van der Waals surface area contributed by atoms with Crippen molar-refractivity contribution in [3.05, 3.63) is 72.1 Å². The Hall–Kier alpha value is -3.34. The van der Waals surface area contributed by atoms with Crippen molar-refractivity contribution in [2.24, 2.45) is 0 Å². The van der Waals surface area contributed by atoms with Crippen LogP contribution in [0, 0.1) is 0 Å². The SMILES string of the molecule is O=C(Cc1ccccc1-c1c[nH]c2ccccc12)Nc1cc(C2CCC2)[nH]n1. The molecule has 2 heterocycles. The number of hydrogen-bond acceptors (Lipinski definition) is 2. The molecule has 1 aliphatic carbocycles. The molecule has 0 spiro atoms. The number of hydrogen-bond donors (Lipinski definition) is 3. The van der Waals surface area contributed by atoms with Gasteiger partial charge in [-0.15, -0.1) is 0 Å². The van der Waals surface area contributed by atoms with Gasteiger partial charge in [0.05, 0.1) is 6.42 Å². The summed E-state index contributed by atoms with van der Waals surface area (Å²) < 4.78 is 0. The summed E-state index contributed by atoms with van der Waals surface area (Å²) >= 11 is 0. The lowest BCUT2D eigenvalue weighted by Gasteiger charge is -2.23. The number of carbonyl (C=O) groups excluding carboxylic acids is 1. The number of benzene rings is 2. The monoisotopic (exact) mass is 370 g/mol. The molecule has 5 nitrogen and oxygen atoms in total. The lowest BCUT2D eigenvalue weighted by Crippen LogP contribution is -2.15. The molecular weight excluding hydrogens is 348 g/mol. The maximum absolute atomic E-state index is 12.7. The maximum Gasteiger partial charge on any atom is 0.230 e. The van der Waals surface area contributed by atoms with Gasteiger partial charge in [-0.1, -0.05) is 48.9 Å². The first kappa shape index (κ1) is 16.8. The van der Waals surface area contributed by atoms with Crippen LogP contribution in [0.2, 0.25) is 0 Å². The Morgan fingerprint density at radius 3 is 2.75 bits per heavy atom. The van der Waals surface area contributed by atoms with E-state index in [1.807, 2.05) is 42.6 Å². The molecule has 3 N–H and O–H groups in total. The van der Waals surface area contributed by atoms with Crippen molar-refractivity contribution in [2.75, 3.05) is 5.32 Å². The molecule has 0 aliphatic heterocycles. The van der Waals surface area contributed by atoms with E-state index in [1.54, 1.807) is 0 Å². The molecular formula is C23H22N4O. The second kappa shape index (κ2) is 7.00. The minimum Gasteiger partial charge on any atom is -0.361 e. The number of anilines is 1. The van der Waals surface area contributed by atoms with Crippen molar-refractivity contribution < 1.29 is 4.79 Å². The van der Waals surface area contributed by atoms with Crippen LogP contribution in [0.5, 0.6) is 0 Å². The van der Waals surface area contributed by atoms with E-state index in [-0.39, 0.29) is 5.91 Å². The van der Waals surface area contributed by atoms with Crippen LogP contribution in [0.4, 0.5) is 5.82 Å². The van der Waals surface area contributed by atoms with Gasteiger partial charge in [0.1, 0.15) is 0 Å². The van der Waals surface area contributed by atoms with Crippen LogP contribution >= 0.6 is 0 Å². The fourth-order valence-corrected chi connectivity index (χ4v) is 3.92. The zero-order chi connectivity index (χ0) is 18.9. The molecule has 1 fully saturated rings. The van der Waals surface area contributed by atoms with Gasteiger partial charge < -0.3 is 10.3 Å². The fraction of sp³-hybridized carbons (Fsp3) is 0.217. The number of fused-ring (bicyclic) bond motifs is 1. The maximum atomic E-state index is 12.7. The molecule has 1 amide bonds. The van der Waals surface area contributed by atoms with Crippen molar-refractivity contribution in [1.82, 2.24) is 15.2 Å². The van der Waals surface area contributed by atoms with Crippen LogP contribution < -0.4 is 5.32 Å². The number of carbonyl (C=O) groups is 1. The summed E-state index contributed by atoms with van der Waals surface area (Å²) in [6, 6.07) is 18.3. The van der Waals surface area contributed by atoms with E-state index in [2.05, 4.69) is 38.7 Å². The molecule has 0 radical (unpaired) electrons. The highest BCUT2D eigenvalue weighted by molar-refractivity contribution is 5.98. The smallest absolute Gasteiger partial charge is 0.230 e. The summed E-state index contributed by atoms with van der Waals surface area (Å²) in [4.78, 5) is 16.0. The van der Waals surface area contributed by atoms with Crippen LogP contribution in [0.1, 0.15) is 36.4 Å². The van der Waals surface area contributed by atoms with E-state index in [4.69, 9.17) is 0 Å². The summed E-state index contributed by atoms with van der Waals surface area (Å²) in [6.07, 6.45) is 6.00. The first-order chi connectivity index (χ1) is 13.8.